The van der Waals surface area contributed by atoms with Crippen molar-refractivity contribution >= 4 is 42.0 Å². The number of nitrogens with zero attached hydrogens (tertiary/aromatic N) is 1. The highest BCUT2D eigenvalue weighted by atomic mass is 16.7. The zero-order valence-electron chi connectivity index (χ0n) is 48.0. The lowest BCUT2D eigenvalue weighted by Crippen LogP contribution is -2.42. The number of hydrogen-bond donors (Lipinski definition) is 1. The van der Waals surface area contributed by atoms with Crippen molar-refractivity contribution < 1.29 is 86.0 Å². The fourth-order valence-corrected chi connectivity index (χ4v) is 8.15. The van der Waals surface area contributed by atoms with Gasteiger partial charge in [-0.05, 0) is 44.9 Å². The van der Waals surface area contributed by atoms with E-state index in [1.54, 1.807) is 0 Å². The summed E-state index contributed by atoms with van der Waals surface area (Å²) in [7, 11) is 0. The zero-order valence-corrected chi connectivity index (χ0v) is 48.0. The largest absolute Gasteiger partial charge is 0.508 e. The van der Waals surface area contributed by atoms with Crippen molar-refractivity contribution in [1.82, 2.24) is 4.90 Å². The Morgan fingerprint density at radius 1 is 0.390 bits per heavy atom. The molecule has 0 aromatic heterocycles. The van der Waals surface area contributed by atoms with Crippen molar-refractivity contribution in [2.45, 2.75) is 239 Å². The van der Waals surface area contributed by atoms with Crippen LogP contribution in [0.1, 0.15) is 220 Å². The molecule has 0 spiro atoms. The molecule has 0 saturated heterocycles. The Bertz CT molecular complexity index is 1380. The zero-order chi connectivity index (χ0) is 56.4. The summed E-state index contributed by atoms with van der Waals surface area (Å²) >= 11 is 0. The number of aliphatic hydroxyl groups excluding tert-OH is 1. The highest BCUT2D eigenvalue weighted by molar-refractivity contribution is 5.71. The van der Waals surface area contributed by atoms with Crippen molar-refractivity contribution in [2.75, 3.05) is 85.8 Å². The maximum absolute atomic E-state index is 13.0. The molecule has 0 aromatic carbocycles. The quantitative estimate of drug-likeness (QED) is 0.0339. The molecule has 19 heteroatoms. The van der Waals surface area contributed by atoms with Gasteiger partial charge in [-0.15, -0.1) is 0 Å². The van der Waals surface area contributed by atoms with Crippen molar-refractivity contribution in [1.29, 1.82) is 0 Å². The molecule has 0 bridgehead atoms. The predicted molar refractivity (Wildman–Crippen MR) is 290 cm³/mol. The molecule has 1 aliphatic carbocycles. The normalized spacial score (nSPS) is 12.4. The smallest absolute Gasteiger partial charge is 0.465 e. The summed E-state index contributed by atoms with van der Waals surface area (Å²) in [4.78, 5) is 90.9. The van der Waals surface area contributed by atoms with E-state index < -0.39 is 36.2 Å². The molecule has 1 aliphatic rings. The standard InChI is InChI=1S/C58H103NO18/c1-5-9-13-17-21-29-52(61)73-44-50(45-74-53(62)30-22-18-14-10-6-2)68-39-33-56(65)71-41-48(43-77-58(67)70-38-26-35-59(36-37-60)49-27-25-28-49)42-72-57(66)34-40-69-51(46-75-54(63)31-23-19-15-11-7-3)47-76-55(64)32-24-20-16-12-8-4/h48-51,60H,5-47H2,1-4H3. The van der Waals surface area contributed by atoms with E-state index in [4.69, 9.17) is 47.4 Å². The molecule has 0 heterocycles. The van der Waals surface area contributed by atoms with Gasteiger partial charge in [0, 0.05) is 44.8 Å². The number of ether oxygens (including phenoxy) is 10. The van der Waals surface area contributed by atoms with Crippen LogP contribution in [0.4, 0.5) is 4.79 Å². The van der Waals surface area contributed by atoms with Crippen LogP contribution in [0.15, 0.2) is 0 Å². The summed E-state index contributed by atoms with van der Waals surface area (Å²) < 4.78 is 55.3. The Morgan fingerprint density at radius 2 is 0.727 bits per heavy atom. The van der Waals surface area contributed by atoms with E-state index in [-0.39, 0.29) is 135 Å². The molecular weight excluding hydrogens is 999 g/mol. The van der Waals surface area contributed by atoms with E-state index in [2.05, 4.69) is 32.6 Å². The number of aliphatic hydroxyl groups is 1. The van der Waals surface area contributed by atoms with Crippen LogP contribution in [0, 0.1) is 5.92 Å². The Kier molecular flexibility index (Phi) is 46.2. The molecule has 0 radical (unpaired) electrons. The third kappa shape index (κ3) is 42.5. The topological polar surface area (TPSA) is 235 Å². The minimum atomic E-state index is -0.951. The van der Waals surface area contributed by atoms with Gasteiger partial charge in [0.15, 0.2) is 0 Å². The molecule has 448 valence electrons. The highest BCUT2D eigenvalue weighted by Crippen LogP contribution is 2.24. The lowest BCUT2D eigenvalue weighted by Gasteiger charge is -2.37. The van der Waals surface area contributed by atoms with Gasteiger partial charge < -0.3 is 52.5 Å². The molecule has 1 fully saturated rings. The van der Waals surface area contributed by atoms with Crippen LogP contribution >= 0.6 is 0 Å². The molecule has 0 unspecified atom stereocenters. The predicted octanol–water partition coefficient (Wildman–Crippen LogP) is 10.2. The number of esters is 6. The molecule has 0 aromatic rings. The minimum Gasteiger partial charge on any atom is -0.465 e. The second-order valence-electron chi connectivity index (χ2n) is 20.2. The highest BCUT2D eigenvalue weighted by Gasteiger charge is 2.25. The van der Waals surface area contributed by atoms with Crippen LogP contribution < -0.4 is 0 Å². The van der Waals surface area contributed by atoms with Crippen LogP contribution in [0.25, 0.3) is 0 Å². The number of carbonyl (C=O) groups is 7. The first-order chi connectivity index (χ1) is 37.4. The molecule has 77 heavy (non-hydrogen) atoms. The van der Waals surface area contributed by atoms with E-state index >= 15 is 0 Å². The van der Waals surface area contributed by atoms with Gasteiger partial charge in [0.05, 0.1) is 45.2 Å². The summed E-state index contributed by atoms with van der Waals surface area (Å²) in [5.74, 6) is -3.70. The fraction of sp³-hybridized carbons (Fsp3) is 0.879. The number of carbonyl (C=O) groups excluding carboxylic acids is 7. The van der Waals surface area contributed by atoms with Crippen LogP contribution in [0.5, 0.6) is 0 Å². The van der Waals surface area contributed by atoms with Gasteiger partial charge in [-0.2, -0.15) is 0 Å². The van der Waals surface area contributed by atoms with E-state index in [0.717, 1.165) is 122 Å². The Hall–Kier alpha value is -4.07. The lowest BCUT2D eigenvalue weighted by atomic mass is 9.91. The molecule has 19 nitrogen and oxygen atoms in total. The van der Waals surface area contributed by atoms with Crippen molar-refractivity contribution in [3.8, 4) is 0 Å². The lowest BCUT2D eigenvalue weighted by molar-refractivity contribution is -0.160. The van der Waals surface area contributed by atoms with E-state index in [1.165, 1.54) is 0 Å². The maximum Gasteiger partial charge on any atom is 0.508 e. The summed E-state index contributed by atoms with van der Waals surface area (Å²) in [5.41, 5.74) is 0. The Balaban J connectivity index is 2.88. The average Bonchev–Trinajstić information content (AvgIpc) is 3.40. The molecule has 0 amide bonds. The molecule has 1 N–H and O–H groups in total. The SMILES string of the molecule is CCCCCCCC(=O)OCC(COC(=O)CCCCCCC)OCCC(=O)OCC(COC(=O)CCOC(COC(=O)CCCCCCC)COC(=O)CCCCCCC)COC(=O)OCCCN(CCO)C1CCC1. The first kappa shape index (κ1) is 70.9. The van der Waals surface area contributed by atoms with Crippen molar-refractivity contribution in [3.63, 3.8) is 0 Å². The molecule has 1 rings (SSSR count). The second kappa shape index (κ2) is 50.2. The first-order valence-corrected chi connectivity index (χ1v) is 29.8. The van der Waals surface area contributed by atoms with Crippen molar-refractivity contribution in [2.24, 2.45) is 5.92 Å². The van der Waals surface area contributed by atoms with Gasteiger partial charge in [0.2, 0.25) is 0 Å². The van der Waals surface area contributed by atoms with Gasteiger partial charge in [0.1, 0.15) is 58.5 Å². The third-order valence-electron chi connectivity index (χ3n) is 13.2. The summed E-state index contributed by atoms with van der Waals surface area (Å²) in [6.45, 7) is 7.88. The molecule has 0 aliphatic heterocycles. The first-order valence-electron chi connectivity index (χ1n) is 29.8. The Labute approximate surface area is 461 Å². The molecule has 1 saturated carbocycles. The van der Waals surface area contributed by atoms with Crippen LogP contribution in [-0.2, 0) is 76.1 Å². The summed E-state index contributed by atoms with van der Waals surface area (Å²) in [6.07, 6.45) is 21.2. The third-order valence-corrected chi connectivity index (χ3v) is 13.2. The average molecular weight is 1100 g/mol. The van der Waals surface area contributed by atoms with Crippen LogP contribution in [-0.4, -0.2) is 156 Å². The number of unbranched alkanes of at least 4 members (excludes halogenated alkanes) is 16. The van der Waals surface area contributed by atoms with E-state index in [0.29, 0.717) is 51.2 Å². The second-order valence-corrected chi connectivity index (χ2v) is 20.2. The van der Waals surface area contributed by atoms with E-state index in [1.807, 2.05) is 0 Å². The summed E-state index contributed by atoms with van der Waals surface area (Å²) in [5, 5.41) is 9.48. The van der Waals surface area contributed by atoms with E-state index in [9.17, 15) is 38.7 Å². The molecule has 0 atom stereocenters. The molecular formula is C58H103NO18. The minimum absolute atomic E-state index is 0.0386. The number of hydrogen-bond acceptors (Lipinski definition) is 19. The number of rotatable bonds is 53. The van der Waals surface area contributed by atoms with Gasteiger partial charge in [-0.25, -0.2) is 4.79 Å². The van der Waals surface area contributed by atoms with Gasteiger partial charge in [-0.1, -0.05) is 137 Å². The Morgan fingerprint density at radius 3 is 1.06 bits per heavy atom. The van der Waals surface area contributed by atoms with Gasteiger partial charge >= 0.3 is 42.0 Å². The van der Waals surface area contributed by atoms with Crippen molar-refractivity contribution in [3.05, 3.63) is 0 Å². The van der Waals surface area contributed by atoms with Crippen LogP contribution in [0.3, 0.4) is 0 Å². The van der Waals surface area contributed by atoms with Crippen LogP contribution in [0.2, 0.25) is 0 Å². The summed E-state index contributed by atoms with van der Waals surface area (Å²) in [6, 6.07) is 0.416. The maximum atomic E-state index is 13.0. The van der Waals surface area contributed by atoms with Gasteiger partial charge in [-0.3, -0.25) is 33.7 Å². The van der Waals surface area contributed by atoms with Gasteiger partial charge in [0.25, 0.3) is 0 Å². The monoisotopic (exact) mass is 1100 g/mol. The fourth-order valence-electron chi connectivity index (χ4n) is 8.15.